The first-order valence-corrected chi connectivity index (χ1v) is 9.93. The van der Waals surface area contributed by atoms with E-state index in [9.17, 15) is 22.8 Å². The van der Waals surface area contributed by atoms with E-state index >= 15 is 0 Å². The van der Waals surface area contributed by atoms with Crippen LogP contribution in [0, 0.1) is 0 Å². The molecule has 3 aromatic rings. The Hall–Kier alpha value is -3.33. The average Bonchev–Trinajstić information content (AvgIpc) is 3.37. The van der Waals surface area contributed by atoms with Crippen LogP contribution >= 0.6 is 11.3 Å². The molecule has 1 aliphatic heterocycles. The van der Waals surface area contributed by atoms with Gasteiger partial charge >= 0.3 is 12.2 Å². The number of nitrogens with zero attached hydrogens (tertiary/aromatic N) is 1. The molecule has 154 valence electrons. The fourth-order valence-corrected chi connectivity index (χ4v) is 4.00. The van der Waals surface area contributed by atoms with Crippen LogP contribution in [0.5, 0.6) is 0 Å². The maximum atomic E-state index is 13.1. The second-order valence-electron chi connectivity index (χ2n) is 6.65. The number of amides is 3. The SMILES string of the molecule is O=C(Nc1ccc2c(c1)N(C(=O)c1cccs1)CC2)Nc1ccccc1C(F)(F)F. The molecule has 0 saturated carbocycles. The number of benzene rings is 2. The van der Waals surface area contributed by atoms with Crippen molar-refractivity contribution in [2.45, 2.75) is 12.6 Å². The lowest BCUT2D eigenvalue weighted by molar-refractivity contribution is -0.136. The smallest absolute Gasteiger partial charge is 0.308 e. The Bertz CT molecular complexity index is 1100. The van der Waals surface area contributed by atoms with Crippen molar-refractivity contribution in [1.82, 2.24) is 0 Å². The zero-order valence-corrected chi connectivity index (χ0v) is 16.3. The van der Waals surface area contributed by atoms with Gasteiger partial charge in [0.1, 0.15) is 0 Å². The van der Waals surface area contributed by atoms with Crippen molar-refractivity contribution >= 4 is 40.3 Å². The molecule has 2 heterocycles. The molecule has 0 saturated heterocycles. The van der Waals surface area contributed by atoms with Crippen LogP contribution in [-0.2, 0) is 12.6 Å². The minimum atomic E-state index is -4.58. The Balaban J connectivity index is 1.51. The van der Waals surface area contributed by atoms with Gasteiger partial charge in [-0.25, -0.2) is 4.79 Å². The van der Waals surface area contributed by atoms with Crippen LogP contribution in [0.4, 0.5) is 35.0 Å². The largest absolute Gasteiger partial charge is 0.418 e. The van der Waals surface area contributed by atoms with Crippen molar-refractivity contribution in [3.05, 3.63) is 76.0 Å². The van der Waals surface area contributed by atoms with Gasteiger partial charge < -0.3 is 15.5 Å². The Kier molecular flexibility index (Phi) is 5.21. The number of para-hydroxylation sites is 1. The molecular weight excluding hydrogens is 415 g/mol. The van der Waals surface area contributed by atoms with Gasteiger partial charge in [-0.15, -0.1) is 11.3 Å². The zero-order valence-electron chi connectivity index (χ0n) is 15.5. The first-order valence-electron chi connectivity index (χ1n) is 9.05. The molecular formula is C21H16F3N3O2S. The summed E-state index contributed by atoms with van der Waals surface area (Å²) in [4.78, 5) is 27.3. The minimum absolute atomic E-state index is 0.121. The van der Waals surface area contributed by atoms with Gasteiger partial charge in [-0.1, -0.05) is 24.3 Å². The first-order chi connectivity index (χ1) is 14.3. The lowest BCUT2D eigenvalue weighted by Gasteiger charge is -2.18. The molecule has 5 nitrogen and oxygen atoms in total. The third-order valence-electron chi connectivity index (χ3n) is 4.70. The highest BCUT2D eigenvalue weighted by Crippen LogP contribution is 2.35. The molecule has 4 rings (SSSR count). The van der Waals surface area contributed by atoms with Gasteiger partial charge in [0, 0.05) is 17.9 Å². The van der Waals surface area contributed by atoms with E-state index in [-0.39, 0.29) is 11.6 Å². The van der Waals surface area contributed by atoms with Crippen molar-refractivity contribution in [2.75, 3.05) is 22.1 Å². The van der Waals surface area contributed by atoms with Gasteiger partial charge in [0.15, 0.2) is 0 Å². The minimum Gasteiger partial charge on any atom is -0.308 e. The van der Waals surface area contributed by atoms with E-state index in [1.165, 1.54) is 29.5 Å². The molecule has 1 aliphatic rings. The topological polar surface area (TPSA) is 61.4 Å². The summed E-state index contributed by atoms with van der Waals surface area (Å²) in [6, 6.07) is 12.6. The molecule has 9 heteroatoms. The summed E-state index contributed by atoms with van der Waals surface area (Å²) < 4.78 is 39.3. The van der Waals surface area contributed by atoms with Gasteiger partial charge in [-0.2, -0.15) is 13.2 Å². The quantitative estimate of drug-likeness (QED) is 0.566. The zero-order chi connectivity index (χ0) is 21.3. The maximum absolute atomic E-state index is 13.1. The van der Waals surface area contributed by atoms with Gasteiger partial charge in [-0.3, -0.25) is 4.79 Å². The number of hydrogen-bond acceptors (Lipinski definition) is 3. The second kappa shape index (κ2) is 7.83. The van der Waals surface area contributed by atoms with E-state index in [0.717, 1.165) is 11.6 Å². The highest BCUT2D eigenvalue weighted by molar-refractivity contribution is 7.12. The molecule has 2 N–H and O–H groups in total. The number of hydrogen-bond donors (Lipinski definition) is 2. The van der Waals surface area contributed by atoms with Gasteiger partial charge in [0.05, 0.1) is 16.1 Å². The van der Waals surface area contributed by atoms with Crippen LogP contribution in [0.2, 0.25) is 0 Å². The van der Waals surface area contributed by atoms with E-state index in [1.54, 1.807) is 35.2 Å². The number of nitrogens with one attached hydrogen (secondary N) is 2. The average molecular weight is 431 g/mol. The Morgan fingerprint density at radius 1 is 1.00 bits per heavy atom. The van der Waals surface area contributed by atoms with E-state index in [4.69, 9.17) is 0 Å². The van der Waals surface area contributed by atoms with Gasteiger partial charge in [0.25, 0.3) is 5.91 Å². The molecule has 0 unspecified atom stereocenters. The Morgan fingerprint density at radius 3 is 2.53 bits per heavy atom. The monoisotopic (exact) mass is 431 g/mol. The van der Waals surface area contributed by atoms with Crippen LogP contribution in [-0.4, -0.2) is 18.5 Å². The Labute approximate surface area is 174 Å². The Morgan fingerprint density at radius 2 is 1.80 bits per heavy atom. The number of halogens is 3. The molecule has 0 spiro atoms. The van der Waals surface area contributed by atoms with Crippen LogP contribution in [0.25, 0.3) is 0 Å². The van der Waals surface area contributed by atoms with Crippen LogP contribution in [0.15, 0.2) is 60.0 Å². The third kappa shape index (κ3) is 4.02. The number of carbonyl (C=O) groups excluding carboxylic acids is 2. The molecule has 1 aromatic heterocycles. The van der Waals surface area contributed by atoms with Crippen molar-refractivity contribution in [3.8, 4) is 0 Å². The number of fused-ring (bicyclic) bond motifs is 1. The van der Waals surface area contributed by atoms with Crippen LogP contribution < -0.4 is 15.5 Å². The van der Waals surface area contributed by atoms with Crippen molar-refractivity contribution in [2.24, 2.45) is 0 Å². The summed E-state index contributed by atoms with van der Waals surface area (Å²) in [5.74, 6) is -0.121. The molecule has 0 aliphatic carbocycles. The summed E-state index contributed by atoms with van der Waals surface area (Å²) in [7, 11) is 0. The predicted octanol–water partition coefficient (Wildman–Crippen LogP) is 5.61. The summed E-state index contributed by atoms with van der Waals surface area (Å²) >= 11 is 1.35. The molecule has 0 fully saturated rings. The van der Waals surface area contributed by atoms with E-state index in [1.807, 2.05) is 5.38 Å². The van der Waals surface area contributed by atoms with Crippen molar-refractivity contribution in [1.29, 1.82) is 0 Å². The summed E-state index contributed by atoms with van der Waals surface area (Å²) in [5, 5.41) is 6.61. The van der Waals surface area contributed by atoms with Crippen LogP contribution in [0.1, 0.15) is 20.8 Å². The number of rotatable bonds is 3. The number of urea groups is 1. The predicted molar refractivity (Wildman–Crippen MR) is 110 cm³/mol. The lowest BCUT2D eigenvalue weighted by Crippen LogP contribution is -2.28. The van der Waals surface area contributed by atoms with E-state index < -0.39 is 17.8 Å². The summed E-state index contributed by atoms with van der Waals surface area (Å²) in [6.45, 7) is 0.528. The molecule has 30 heavy (non-hydrogen) atoms. The van der Waals surface area contributed by atoms with Gasteiger partial charge in [0.2, 0.25) is 0 Å². The number of carbonyl (C=O) groups is 2. The van der Waals surface area contributed by atoms with Gasteiger partial charge in [-0.05, 0) is 47.7 Å². The summed E-state index contributed by atoms with van der Waals surface area (Å²) in [5.41, 5.74) is 0.761. The fourth-order valence-electron chi connectivity index (χ4n) is 3.33. The molecule has 0 atom stereocenters. The van der Waals surface area contributed by atoms with E-state index in [2.05, 4.69) is 10.6 Å². The normalized spacial score (nSPS) is 13.1. The standard InChI is InChI=1S/C21H16F3N3O2S/c22-21(23,24)15-4-1-2-5-16(15)26-20(29)25-14-8-7-13-9-10-27(17(13)12-14)19(28)18-6-3-11-30-18/h1-8,11-12H,9-10H2,(H2,25,26,29). The summed E-state index contributed by atoms with van der Waals surface area (Å²) in [6.07, 6.45) is -3.89. The fraction of sp³-hybridized carbons (Fsp3) is 0.143. The second-order valence-corrected chi connectivity index (χ2v) is 7.60. The molecule has 0 radical (unpaired) electrons. The maximum Gasteiger partial charge on any atom is 0.418 e. The number of alkyl halides is 3. The molecule has 0 bridgehead atoms. The lowest BCUT2D eigenvalue weighted by atomic mass is 10.1. The molecule has 3 amide bonds. The number of anilines is 3. The first kappa shape index (κ1) is 20.0. The van der Waals surface area contributed by atoms with Crippen molar-refractivity contribution in [3.63, 3.8) is 0 Å². The highest BCUT2D eigenvalue weighted by Gasteiger charge is 2.33. The van der Waals surface area contributed by atoms with Crippen LogP contribution in [0.3, 0.4) is 0 Å². The molecule has 2 aromatic carbocycles. The van der Waals surface area contributed by atoms with E-state index in [0.29, 0.717) is 29.2 Å². The third-order valence-corrected chi connectivity index (χ3v) is 5.55. The number of thiophene rings is 1. The highest BCUT2D eigenvalue weighted by atomic mass is 32.1. The van der Waals surface area contributed by atoms with Crippen molar-refractivity contribution < 1.29 is 22.8 Å².